The molecule has 0 aliphatic carbocycles. The van der Waals surface area contributed by atoms with Crippen LogP contribution < -0.4 is 10.6 Å². The van der Waals surface area contributed by atoms with Crippen molar-refractivity contribution in [3.8, 4) is 0 Å². The van der Waals surface area contributed by atoms with Crippen LogP contribution in [0.4, 0.5) is 4.79 Å². The van der Waals surface area contributed by atoms with E-state index in [4.69, 9.17) is 33.2 Å². The number of rotatable bonds is 10. The van der Waals surface area contributed by atoms with Crippen molar-refractivity contribution in [2.24, 2.45) is 0 Å². The van der Waals surface area contributed by atoms with Gasteiger partial charge in [0, 0.05) is 27.7 Å². The van der Waals surface area contributed by atoms with Gasteiger partial charge < -0.3 is 43.8 Å². The number of nitrogens with one attached hydrogen (secondary N) is 2. The van der Waals surface area contributed by atoms with E-state index in [2.05, 4.69) is 10.6 Å². The highest BCUT2D eigenvalue weighted by Gasteiger charge is 2.51. The van der Waals surface area contributed by atoms with Gasteiger partial charge in [-0.1, -0.05) is 0 Å². The van der Waals surface area contributed by atoms with Crippen LogP contribution in [0, 0.1) is 0 Å². The summed E-state index contributed by atoms with van der Waals surface area (Å²) in [4.78, 5) is 73.0. The highest BCUT2D eigenvalue weighted by Crippen LogP contribution is 2.28. The number of carbonyl (C=O) groups excluding carboxylic acids is 6. The molecule has 0 aromatic heterocycles. The smallest absolute Gasteiger partial charge is 0.408 e. The Hall–Kier alpha value is -3.46. The molecule has 2 N–H and O–H groups in total. The number of carbonyl (C=O) groups is 6. The van der Waals surface area contributed by atoms with Crippen molar-refractivity contribution in [3.63, 3.8) is 0 Å². The first-order chi connectivity index (χ1) is 18.7. The van der Waals surface area contributed by atoms with E-state index in [1.165, 1.54) is 6.92 Å². The minimum atomic E-state index is -1.46. The molecule has 2 amide bonds. The van der Waals surface area contributed by atoms with Crippen LogP contribution in [0.2, 0.25) is 0 Å². The molecule has 0 saturated carbocycles. The first kappa shape index (κ1) is 35.6. The standard InChI is InChI=1S/C26H42N2O13/c1-13(29)27-19-21(38-16(4)32)20(37-15(3)31)18(12-35-14(2)30)39-23(19)36-11-17(22(33)40-25(5,6)7)28-24(34)41-26(8,9)10/h17-21,23H,11-12H2,1-10H3,(H,27,29)(H,28,34)/t17-,18+,19+,20-,21+,23-/m0/s1. The molecule has 0 spiro atoms. The van der Waals surface area contributed by atoms with Gasteiger partial charge in [0.15, 0.2) is 24.5 Å². The summed E-state index contributed by atoms with van der Waals surface area (Å²) in [5.74, 6) is -3.67. The molecule has 41 heavy (non-hydrogen) atoms. The van der Waals surface area contributed by atoms with Gasteiger partial charge in [0.1, 0.15) is 30.0 Å². The predicted molar refractivity (Wildman–Crippen MR) is 139 cm³/mol. The Bertz CT molecular complexity index is 969. The van der Waals surface area contributed by atoms with Crippen LogP contribution >= 0.6 is 0 Å². The average Bonchev–Trinajstić information content (AvgIpc) is 2.75. The van der Waals surface area contributed by atoms with Crippen LogP contribution in [0.1, 0.15) is 69.2 Å². The third-order valence-electron chi connectivity index (χ3n) is 4.88. The molecule has 6 atom stereocenters. The summed E-state index contributed by atoms with van der Waals surface area (Å²) in [6, 6.07) is -2.67. The maximum atomic E-state index is 12.9. The fourth-order valence-corrected chi connectivity index (χ4v) is 3.62. The number of amides is 2. The Morgan fingerprint density at radius 2 is 1.32 bits per heavy atom. The van der Waals surface area contributed by atoms with Gasteiger partial charge in [0.05, 0.1) is 6.61 Å². The summed E-state index contributed by atoms with van der Waals surface area (Å²) in [6.07, 6.45) is -6.30. The lowest BCUT2D eigenvalue weighted by Crippen LogP contribution is -2.67. The highest BCUT2D eigenvalue weighted by molar-refractivity contribution is 5.82. The van der Waals surface area contributed by atoms with Gasteiger partial charge in [0.25, 0.3) is 0 Å². The average molecular weight is 591 g/mol. The van der Waals surface area contributed by atoms with Crippen molar-refractivity contribution in [3.05, 3.63) is 0 Å². The Labute approximate surface area is 239 Å². The lowest BCUT2D eigenvalue weighted by molar-refractivity contribution is -0.278. The molecule has 1 fully saturated rings. The summed E-state index contributed by atoms with van der Waals surface area (Å²) in [6.45, 7) is 13.3. The van der Waals surface area contributed by atoms with Crippen molar-refractivity contribution < 1.29 is 61.9 Å². The van der Waals surface area contributed by atoms with Crippen LogP contribution in [-0.4, -0.2) is 97.0 Å². The van der Waals surface area contributed by atoms with Crippen LogP contribution in [-0.2, 0) is 57.1 Å². The lowest BCUT2D eigenvalue weighted by atomic mass is 9.96. The van der Waals surface area contributed by atoms with Gasteiger partial charge in [-0.2, -0.15) is 0 Å². The second-order valence-corrected chi connectivity index (χ2v) is 11.3. The van der Waals surface area contributed by atoms with Gasteiger partial charge in [-0.3, -0.25) is 19.2 Å². The molecule has 15 nitrogen and oxygen atoms in total. The number of hydrogen-bond donors (Lipinski definition) is 2. The first-order valence-corrected chi connectivity index (χ1v) is 12.9. The zero-order valence-corrected chi connectivity index (χ0v) is 25.2. The largest absolute Gasteiger partial charge is 0.463 e. The van der Waals surface area contributed by atoms with Crippen molar-refractivity contribution in [2.45, 2.75) is 117 Å². The number of hydrogen-bond acceptors (Lipinski definition) is 13. The molecule has 0 radical (unpaired) electrons. The number of esters is 4. The molecule has 0 aromatic carbocycles. The van der Waals surface area contributed by atoms with Crippen LogP contribution in [0.5, 0.6) is 0 Å². The summed E-state index contributed by atoms with van der Waals surface area (Å²) in [7, 11) is 0. The fourth-order valence-electron chi connectivity index (χ4n) is 3.62. The predicted octanol–water partition coefficient (Wildman–Crippen LogP) is 0.894. The van der Waals surface area contributed by atoms with Crippen molar-refractivity contribution in [1.82, 2.24) is 10.6 Å². The Morgan fingerprint density at radius 3 is 1.78 bits per heavy atom. The molecule has 234 valence electrons. The third kappa shape index (κ3) is 13.6. The fraction of sp³-hybridized carbons (Fsp3) is 0.769. The SMILES string of the molecule is CC(=O)N[C@H]1[C@@H](OC[C@H](NC(=O)OC(C)(C)C)C(=O)OC(C)(C)C)O[C@H](COC(C)=O)[C@H](OC(C)=O)[C@@H]1OC(C)=O. The molecular weight excluding hydrogens is 548 g/mol. The second-order valence-electron chi connectivity index (χ2n) is 11.3. The quantitative estimate of drug-likeness (QED) is 0.270. The summed E-state index contributed by atoms with van der Waals surface area (Å²) < 4.78 is 38.2. The van der Waals surface area contributed by atoms with E-state index in [0.29, 0.717) is 0 Å². The summed E-state index contributed by atoms with van der Waals surface area (Å²) in [5.41, 5.74) is -1.79. The van der Waals surface area contributed by atoms with E-state index >= 15 is 0 Å². The zero-order valence-electron chi connectivity index (χ0n) is 25.2. The van der Waals surface area contributed by atoms with E-state index in [1.54, 1.807) is 41.5 Å². The van der Waals surface area contributed by atoms with E-state index in [9.17, 15) is 28.8 Å². The van der Waals surface area contributed by atoms with Crippen LogP contribution in [0.3, 0.4) is 0 Å². The lowest BCUT2D eigenvalue weighted by Gasteiger charge is -2.45. The van der Waals surface area contributed by atoms with Crippen LogP contribution in [0.15, 0.2) is 0 Å². The molecule has 1 heterocycles. The monoisotopic (exact) mass is 590 g/mol. The third-order valence-corrected chi connectivity index (χ3v) is 4.88. The maximum Gasteiger partial charge on any atom is 0.408 e. The van der Waals surface area contributed by atoms with Gasteiger partial charge in [0.2, 0.25) is 5.91 Å². The topological polar surface area (TPSA) is 191 Å². The summed E-state index contributed by atoms with van der Waals surface area (Å²) >= 11 is 0. The Balaban J connectivity index is 3.41. The molecule has 1 aliphatic heterocycles. The molecule has 1 saturated heterocycles. The molecule has 1 aliphatic rings. The van der Waals surface area contributed by atoms with Crippen molar-refractivity contribution in [2.75, 3.05) is 13.2 Å². The molecule has 0 aromatic rings. The molecule has 15 heteroatoms. The van der Waals surface area contributed by atoms with Gasteiger partial charge in [-0.05, 0) is 41.5 Å². The Morgan fingerprint density at radius 1 is 0.780 bits per heavy atom. The number of alkyl carbamates (subject to hydrolysis) is 1. The zero-order chi connectivity index (χ0) is 31.7. The molecule has 1 rings (SSSR count). The normalized spacial score (nSPS) is 23.3. The van der Waals surface area contributed by atoms with E-state index in [0.717, 1.165) is 20.8 Å². The first-order valence-electron chi connectivity index (χ1n) is 12.9. The second kappa shape index (κ2) is 15.0. The van der Waals surface area contributed by atoms with E-state index in [-0.39, 0.29) is 0 Å². The van der Waals surface area contributed by atoms with Gasteiger partial charge in [-0.25, -0.2) is 9.59 Å². The highest BCUT2D eigenvalue weighted by atomic mass is 16.7. The van der Waals surface area contributed by atoms with Crippen LogP contribution in [0.25, 0.3) is 0 Å². The maximum absolute atomic E-state index is 12.9. The molecule has 0 bridgehead atoms. The molecule has 0 unspecified atom stereocenters. The van der Waals surface area contributed by atoms with Gasteiger partial charge >= 0.3 is 30.0 Å². The summed E-state index contributed by atoms with van der Waals surface area (Å²) in [5, 5.41) is 4.94. The minimum absolute atomic E-state index is 0.441. The Kier molecular flexibility index (Phi) is 13.0. The van der Waals surface area contributed by atoms with Crippen molar-refractivity contribution in [1.29, 1.82) is 0 Å². The van der Waals surface area contributed by atoms with E-state index < -0.39 is 97.0 Å². The van der Waals surface area contributed by atoms with E-state index in [1.807, 2.05) is 0 Å². The molecular formula is C26H42N2O13. The number of ether oxygens (including phenoxy) is 7. The minimum Gasteiger partial charge on any atom is -0.463 e. The van der Waals surface area contributed by atoms with Crippen molar-refractivity contribution >= 4 is 35.9 Å². The van der Waals surface area contributed by atoms with Gasteiger partial charge in [-0.15, -0.1) is 0 Å².